The van der Waals surface area contributed by atoms with Crippen LogP contribution in [0.1, 0.15) is 15.9 Å². The molecule has 122 valence electrons. The number of carbonyl (C=O) groups excluding carboxylic acids is 1. The fourth-order valence-electron chi connectivity index (χ4n) is 2.04. The van der Waals surface area contributed by atoms with Crippen molar-refractivity contribution >= 4 is 35.0 Å². The molecule has 0 amide bonds. The van der Waals surface area contributed by atoms with Gasteiger partial charge in [-0.2, -0.15) is 0 Å². The maximum absolute atomic E-state index is 12.3. The highest BCUT2D eigenvalue weighted by atomic mass is 35.5. The third-order valence-electron chi connectivity index (χ3n) is 3.40. The van der Waals surface area contributed by atoms with Crippen LogP contribution in [0.25, 0.3) is 0 Å². The van der Waals surface area contributed by atoms with Crippen molar-refractivity contribution < 1.29 is 4.79 Å². The largest absolute Gasteiger partial charge is 0.384 e. The lowest BCUT2D eigenvalue weighted by Gasteiger charge is -2.10. The van der Waals surface area contributed by atoms with Gasteiger partial charge in [0, 0.05) is 24.9 Å². The van der Waals surface area contributed by atoms with E-state index in [1.165, 1.54) is 25.9 Å². The average molecular weight is 354 g/mol. The van der Waals surface area contributed by atoms with E-state index in [9.17, 15) is 14.4 Å². The predicted octanol–water partition coefficient (Wildman–Crippen LogP) is 1.44. The SMILES string of the molecule is Cn1c(N)c(C(=O)CSCc2ccc(Cl)cc2)c(=O)n(C)c1=O. The number of carbonyl (C=O) groups is 1. The number of nitrogen functional groups attached to an aromatic ring is 1. The number of rotatable bonds is 5. The summed E-state index contributed by atoms with van der Waals surface area (Å²) in [5.41, 5.74) is 5.42. The molecule has 0 aliphatic rings. The number of nitrogens with two attached hydrogens (primary N) is 1. The fraction of sp³-hybridized carbons (Fsp3) is 0.267. The van der Waals surface area contributed by atoms with Crippen LogP contribution in [0, 0.1) is 0 Å². The van der Waals surface area contributed by atoms with E-state index in [0.717, 1.165) is 14.7 Å². The van der Waals surface area contributed by atoms with Crippen molar-refractivity contribution in [3.63, 3.8) is 0 Å². The molecule has 0 saturated heterocycles. The van der Waals surface area contributed by atoms with Crippen LogP contribution >= 0.6 is 23.4 Å². The molecule has 1 aromatic heterocycles. The number of Topliss-reactive ketones (excluding diaryl/α,β-unsaturated/α-hetero) is 1. The number of halogens is 1. The Morgan fingerprint density at radius 3 is 2.39 bits per heavy atom. The van der Waals surface area contributed by atoms with E-state index in [0.29, 0.717) is 10.8 Å². The van der Waals surface area contributed by atoms with E-state index in [-0.39, 0.29) is 17.1 Å². The summed E-state index contributed by atoms with van der Waals surface area (Å²) < 4.78 is 1.98. The minimum absolute atomic E-state index is 0.0975. The molecule has 0 unspecified atom stereocenters. The Kier molecular flexibility index (Phi) is 5.33. The van der Waals surface area contributed by atoms with Gasteiger partial charge in [0.15, 0.2) is 5.78 Å². The molecule has 0 saturated carbocycles. The number of ketones is 1. The quantitative estimate of drug-likeness (QED) is 0.822. The maximum Gasteiger partial charge on any atom is 0.332 e. The zero-order valence-corrected chi connectivity index (χ0v) is 14.3. The number of anilines is 1. The van der Waals surface area contributed by atoms with Crippen molar-refractivity contribution in [3.8, 4) is 0 Å². The lowest BCUT2D eigenvalue weighted by molar-refractivity contribution is 0.102. The molecule has 0 atom stereocenters. The number of aromatic nitrogens is 2. The minimum Gasteiger partial charge on any atom is -0.384 e. The molecule has 0 bridgehead atoms. The molecule has 1 heterocycles. The molecule has 0 radical (unpaired) electrons. The number of benzene rings is 1. The Labute approximate surface area is 141 Å². The minimum atomic E-state index is -0.664. The van der Waals surface area contributed by atoms with Crippen LogP contribution < -0.4 is 17.0 Å². The molecular formula is C15H16ClN3O3S. The van der Waals surface area contributed by atoms with Crippen LogP contribution in [0.2, 0.25) is 5.02 Å². The third-order valence-corrected chi connectivity index (χ3v) is 4.66. The van der Waals surface area contributed by atoms with Gasteiger partial charge in [-0.1, -0.05) is 23.7 Å². The normalized spacial score (nSPS) is 10.7. The molecule has 6 nitrogen and oxygen atoms in total. The van der Waals surface area contributed by atoms with Crippen LogP contribution in [0.5, 0.6) is 0 Å². The van der Waals surface area contributed by atoms with Crippen molar-refractivity contribution in [3.05, 3.63) is 61.3 Å². The van der Waals surface area contributed by atoms with Crippen LogP contribution in [0.15, 0.2) is 33.9 Å². The summed E-state index contributed by atoms with van der Waals surface area (Å²) in [5.74, 6) is 0.211. The van der Waals surface area contributed by atoms with E-state index in [1.54, 1.807) is 12.1 Å². The van der Waals surface area contributed by atoms with E-state index in [2.05, 4.69) is 0 Å². The first-order valence-electron chi connectivity index (χ1n) is 6.73. The van der Waals surface area contributed by atoms with Crippen molar-refractivity contribution in [2.24, 2.45) is 14.1 Å². The van der Waals surface area contributed by atoms with Gasteiger partial charge in [-0.15, -0.1) is 11.8 Å². The second kappa shape index (κ2) is 7.06. The molecule has 8 heteroatoms. The standard InChI is InChI=1S/C15H16ClN3O3S/c1-18-13(17)12(14(21)19(2)15(18)22)11(20)8-23-7-9-3-5-10(16)6-4-9/h3-6H,7-8,17H2,1-2H3. The lowest BCUT2D eigenvalue weighted by atomic mass is 10.2. The number of thioether (sulfide) groups is 1. The fourth-order valence-corrected chi connectivity index (χ4v) is 3.02. The molecular weight excluding hydrogens is 338 g/mol. The number of hydrogen-bond acceptors (Lipinski definition) is 5. The van der Waals surface area contributed by atoms with Gasteiger partial charge in [0.05, 0.1) is 5.75 Å². The molecule has 0 aliphatic carbocycles. The number of nitrogens with zero attached hydrogens (tertiary/aromatic N) is 2. The van der Waals surface area contributed by atoms with E-state index < -0.39 is 17.0 Å². The Balaban J connectivity index is 2.14. The number of hydrogen-bond donors (Lipinski definition) is 1. The van der Waals surface area contributed by atoms with E-state index in [1.807, 2.05) is 12.1 Å². The van der Waals surface area contributed by atoms with Crippen molar-refractivity contribution in [2.75, 3.05) is 11.5 Å². The molecule has 0 fully saturated rings. The first-order valence-corrected chi connectivity index (χ1v) is 8.27. The van der Waals surface area contributed by atoms with E-state index >= 15 is 0 Å². The highest BCUT2D eigenvalue weighted by molar-refractivity contribution is 7.99. The molecule has 0 aliphatic heterocycles. The summed E-state index contributed by atoms with van der Waals surface area (Å²) in [7, 11) is 2.75. The molecule has 2 rings (SSSR count). The molecule has 0 spiro atoms. The molecule has 2 aromatic rings. The first-order chi connectivity index (χ1) is 10.8. The summed E-state index contributed by atoms with van der Waals surface area (Å²) >= 11 is 7.18. The second-order valence-electron chi connectivity index (χ2n) is 5.01. The molecule has 23 heavy (non-hydrogen) atoms. The van der Waals surface area contributed by atoms with Gasteiger partial charge in [-0.3, -0.25) is 18.7 Å². The predicted molar refractivity (Wildman–Crippen MR) is 93.3 cm³/mol. The second-order valence-corrected chi connectivity index (χ2v) is 6.43. The van der Waals surface area contributed by atoms with Crippen molar-refractivity contribution in [1.82, 2.24) is 9.13 Å². The Hall–Kier alpha value is -1.99. The summed E-state index contributed by atoms with van der Waals surface area (Å²) in [5, 5.41) is 0.649. The van der Waals surface area contributed by atoms with Crippen molar-refractivity contribution in [1.29, 1.82) is 0 Å². The zero-order valence-electron chi connectivity index (χ0n) is 12.7. The van der Waals surface area contributed by atoms with Gasteiger partial charge < -0.3 is 5.73 Å². The summed E-state index contributed by atoms with van der Waals surface area (Å²) in [6.45, 7) is 0. The third kappa shape index (κ3) is 3.68. The summed E-state index contributed by atoms with van der Waals surface area (Å²) in [4.78, 5) is 36.1. The monoisotopic (exact) mass is 353 g/mol. The molecule has 1 aromatic carbocycles. The average Bonchev–Trinajstić information content (AvgIpc) is 2.53. The summed E-state index contributed by atoms with van der Waals surface area (Å²) in [6, 6.07) is 7.30. The zero-order chi connectivity index (χ0) is 17.1. The maximum atomic E-state index is 12.3. The van der Waals surface area contributed by atoms with Gasteiger partial charge in [-0.25, -0.2) is 4.79 Å². The lowest BCUT2D eigenvalue weighted by Crippen LogP contribution is -2.41. The van der Waals surface area contributed by atoms with Crippen LogP contribution in [-0.2, 0) is 19.8 Å². The van der Waals surface area contributed by atoms with Gasteiger partial charge in [0.1, 0.15) is 11.4 Å². The van der Waals surface area contributed by atoms with Crippen LogP contribution in [0.4, 0.5) is 5.82 Å². The van der Waals surface area contributed by atoms with Gasteiger partial charge >= 0.3 is 5.69 Å². The van der Waals surface area contributed by atoms with Gasteiger partial charge in [0.25, 0.3) is 5.56 Å². The highest BCUT2D eigenvalue weighted by Gasteiger charge is 2.19. The first kappa shape index (κ1) is 17.4. The van der Waals surface area contributed by atoms with Crippen LogP contribution in [-0.4, -0.2) is 20.7 Å². The topological polar surface area (TPSA) is 87.1 Å². The highest BCUT2D eigenvalue weighted by Crippen LogP contribution is 2.17. The Bertz CT molecular complexity index is 856. The van der Waals surface area contributed by atoms with Gasteiger partial charge in [0.2, 0.25) is 0 Å². The Morgan fingerprint density at radius 2 is 1.78 bits per heavy atom. The van der Waals surface area contributed by atoms with Crippen molar-refractivity contribution in [2.45, 2.75) is 5.75 Å². The Morgan fingerprint density at radius 1 is 1.17 bits per heavy atom. The molecule has 2 N–H and O–H groups in total. The van der Waals surface area contributed by atoms with E-state index in [4.69, 9.17) is 17.3 Å². The van der Waals surface area contributed by atoms with Gasteiger partial charge in [-0.05, 0) is 17.7 Å². The van der Waals surface area contributed by atoms with Crippen LogP contribution in [0.3, 0.4) is 0 Å². The smallest absolute Gasteiger partial charge is 0.332 e. The summed E-state index contributed by atoms with van der Waals surface area (Å²) in [6.07, 6.45) is 0.